The number of amides is 1. The van der Waals surface area contributed by atoms with Gasteiger partial charge in [0.25, 0.3) is 0 Å². The highest BCUT2D eigenvalue weighted by Gasteiger charge is 2.26. The Labute approximate surface area is 77.6 Å². The number of rotatable bonds is 2. The highest BCUT2D eigenvalue weighted by Crippen LogP contribution is 2.21. The Morgan fingerprint density at radius 1 is 1.31 bits per heavy atom. The van der Waals surface area contributed by atoms with Crippen LogP contribution in [0.5, 0.6) is 0 Å². The van der Waals surface area contributed by atoms with Crippen LogP contribution in [0.1, 0.15) is 33.1 Å². The van der Waals surface area contributed by atoms with Crippen LogP contribution in [-0.4, -0.2) is 24.0 Å². The van der Waals surface area contributed by atoms with Crippen molar-refractivity contribution in [3.63, 3.8) is 0 Å². The lowest BCUT2D eigenvalue weighted by atomic mass is 10.2. The molecule has 1 rings (SSSR count). The number of ether oxygens (including phenoxy) is 1. The van der Waals surface area contributed by atoms with Crippen LogP contribution in [0.3, 0.4) is 0 Å². The maximum atomic E-state index is 10.7. The Bertz CT molecular complexity index is 193. The van der Waals surface area contributed by atoms with Crippen molar-refractivity contribution in [2.45, 2.75) is 45.3 Å². The van der Waals surface area contributed by atoms with Gasteiger partial charge in [0.05, 0.1) is 0 Å². The van der Waals surface area contributed by atoms with Gasteiger partial charge < -0.3 is 10.1 Å². The highest BCUT2D eigenvalue weighted by atomic mass is 16.5. The van der Waals surface area contributed by atoms with Crippen LogP contribution in [-0.2, 0) is 14.3 Å². The molecule has 1 N–H and O–H groups in total. The Morgan fingerprint density at radius 2 is 2.00 bits per heavy atom. The van der Waals surface area contributed by atoms with Crippen molar-refractivity contribution >= 4 is 11.9 Å². The maximum absolute atomic E-state index is 10.7. The van der Waals surface area contributed by atoms with Gasteiger partial charge in [-0.15, -0.1) is 0 Å². The first-order valence-electron chi connectivity index (χ1n) is 4.52. The van der Waals surface area contributed by atoms with Gasteiger partial charge in [-0.25, -0.2) is 0 Å². The van der Waals surface area contributed by atoms with E-state index >= 15 is 0 Å². The molecule has 1 aliphatic carbocycles. The van der Waals surface area contributed by atoms with Gasteiger partial charge in [-0.05, 0) is 12.8 Å². The van der Waals surface area contributed by atoms with Crippen LogP contribution in [0.4, 0.5) is 0 Å². The summed E-state index contributed by atoms with van der Waals surface area (Å²) in [5, 5.41) is 2.81. The molecule has 0 spiro atoms. The van der Waals surface area contributed by atoms with Gasteiger partial charge in [0.15, 0.2) is 0 Å². The van der Waals surface area contributed by atoms with Gasteiger partial charge in [0.2, 0.25) is 5.91 Å². The number of carbonyl (C=O) groups is 2. The van der Waals surface area contributed by atoms with Crippen molar-refractivity contribution in [2.75, 3.05) is 0 Å². The van der Waals surface area contributed by atoms with Crippen molar-refractivity contribution in [2.24, 2.45) is 0 Å². The van der Waals surface area contributed by atoms with E-state index in [0.29, 0.717) is 0 Å². The van der Waals surface area contributed by atoms with E-state index in [-0.39, 0.29) is 24.0 Å². The molecule has 2 atom stereocenters. The number of hydrogen-bond donors (Lipinski definition) is 1. The van der Waals surface area contributed by atoms with E-state index in [2.05, 4.69) is 5.32 Å². The Balaban J connectivity index is 2.27. The molecule has 4 nitrogen and oxygen atoms in total. The second kappa shape index (κ2) is 4.25. The molecule has 0 aromatic heterocycles. The number of hydrogen-bond acceptors (Lipinski definition) is 3. The monoisotopic (exact) mass is 185 g/mol. The molecule has 0 aromatic carbocycles. The summed E-state index contributed by atoms with van der Waals surface area (Å²) in [6.07, 6.45) is 2.50. The van der Waals surface area contributed by atoms with Crippen molar-refractivity contribution in [1.29, 1.82) is 0 Å². The molecule has 1 aliphatic rings. The summed E-state index contributed by atoms with van der Waals surface area (Å²) in [6.45, 7) is 2.91. The minimum atomic E-state index is -0.242. The third-order valence-electron chi connectivity index (χ3n) is 2.12. The summed E-state index contributed by atoms with van der Waals surface area (Å²) < 4.78 is 5.03. The fourth-order valence-electron chi connectivity index (χ4n) is 1.70. The zero-order valence-electron chi connectivity index (χ0n) is 8.00. The van der Waals surface area contributed by atoms with E-state index in [1.165, 1.54) is 13.8 Å². The summed E-state index contributed by atoms with van der Waals surface area (Å²) in [4.78, 5) is 21.3. The minimum absolute atomic E-state index is 0.00523. The lowest BCUT2D eigenvalue weighted by Gasteiger charge is -2.11. The number of esters is 1. The fraction of sp³-hybridized carbons (Fsp3) is 0.778. The molecule has 4 heteroatoms. The second-order valence-electron chi connectivity index (χ2n) is 3.44. The predicted octanol–water partition coefficient (Wildman–Crippen LogP) is 0.607. The Morgan fingerprint density at radius 3 is 2.54 bits per heavy atom. The van der Waals surface area contributed by atoms with Crippen LogP contribution in [0.2, 0.25) is 0 Å². The highest BCUT2D eigenvalue weighted by molar-refractivity contribution is 5.73. The van der Waals surface area contributed by atoms with Gasteiger partial charge in [0, 0.05) is 26.3 Å². The van der Waals surface area contributed by atoms with Crippen molar-refractivity contribution in [3.8, 4) is 0 Å². The van der Waals surface area contributed by atoms with E-state index in [1.54, 1.807) is 0 Å². The van der Waals surface area contributed by atoms with Gasteiger partial charge in [-0.1, -0.05) is 0 Å². The number of nitrogens with one attached hydrogen (secondary N) is 1. The van der Waals surface area contributed by atoms with Crippen molar-refractivity contribution < 1.29 is 14.3 Å². The van der Waals surface area contributed by atoms with Gasteiger partial charge in [0.1, 0.15) is 6.10 Å². The lowest BCUT2D eigenvalue weighted by molar-refractivity contribution is -0.145. The quantitative estimate of drug-likeness (QED) is 0.641. The lowest BCUT2D eigenvalue weighted by Crippen LogP contribution is -2.31. The first-order valence-corrected chi connectivity index (χ1v) is 4.52. The standard InChI is InChI=1S/C9H15NO3/c1-6(11)10-8-3-4-9(5-8)13-7(2)12/h8-9H,3-5H2,1-2H3,(H,10,11). The first-order chi connectivity index (χ1) is 6.08. The zero-order chi connectivity index (χ0) is 9.84. The molecular formula is C9H15NO3. The molecule has 1 saturated carbocycles. The molecule has 1 fully saturated rings. The predicted molar refractivity (Wildman–Crippen MR) is 47.0 cm³/mol. The SMILES string of the molecule is CC(=O)NC1CCC(OC(C)=O)C1. The number of carbonyl (C=O) groups excluding carboxylic acids is 2. The third kappa shape index (κ3) is 3.44. The Hall–Kier alpha value is -1.06. The summed E-state index contributed by atoms with van der Waals surface area (Å²) in [6, 6.07) is 0.182. The largest absolute Gasteiger partial charge is 0.462 e. The van der Waals surface area contributed by atoms with E-state index < -0.39 is 0 Å². The smallest absolute Gasteiger partial charge is 0.302 e. The molecule has 2 unspecified atom stereocenters. The summed E-state index contributed by atoms with van der Waals surface area (Å²) in [5.41, 5.74) is 0. The van der Waals surface area contributed by atoms with Gasteiger partial charge >= 0.3 is 5.97 Å². The van der Waals surface area contributed by atoms with Crippen LogP contribution in [0.15, 0.2) is 0 Å². The molecule has 0 heterocycles. The second-order valence-corrected chi connectivity index (χ2v) is 3.44. The summed E-state index contributed by atoms with van der Waals surface area (Å²) >= 11 is 0. The minimum Gasteiger partial charge on any atom is -0.462 e. The molecule has 0 radical (unpaired) electrons. The molecule has 74 valence electrons. The van der Waals surface area contributed by atoms with Crippen LogP contribution in [0, 0.1) is 0 Å². The third-order valence-corrected chi connectivity index (χ3v) is 2.12. The van der Waals surface area contributed by atoms with Crippen molar-refractivity contribution in [3.05, 3.63) is 0 Å². The molecule has 0 aromatic rings. The topological polar surface area (TPSA) is 55.4 Å². The normalized spacial score (nSPS) is 26.9. The van der Waals surface area contributed by atoms with E-state index in [4.69, 9.17) is 4.74 Å². The summed E-state index contributed by atoms with van der Waals surface area (Å²) in [5.74, 6) is -0.262. The molecule has 13 heavy (non-hydrogen) atoms. The molecule has 1 amide bonds. The zero-order valence-corrected chi connectivity index (χ0v) is 8.00. The van der Waals surface area contributed by atoms with Crippen LogP contribution in [0.25, 0.3) is 0 Å². The van der Waals surface area contributed by atoms with Gasteiger partial charge in [-0.3, -0.25) is 9.59 Å². The molecular weight excluding hydrogens is 170 g/mol. The average Bonchev–Trinajstić information content (AvgIpc) is 2.33. The Kier molecular flexibility index (Phi) is 3.28. The van der Waals surface area contributed by atoms with Gasteiger partial charge in [-0.2, -0.15) is 0 Å². The first kappa shape index (κ1) is 10.0. The van der Waals surface area contributed by atoms with E-state index in [0.717, 1.165) is 19.3 Å². The maximum Gasteiger partial charge on any atom is 0.302 e. The van der Waals surface area contributed by atoms with Crippen LogP contribution < -0.4 is 5.32 Å². The van der Waals surface area contributed by atoms with Crippen molar-refractivity contribution in [1.82, 2.24) is 5.32 Å². The fourth-order valence-corrected chi connectivity index (χ4v) is 1.70. The van der Waals surface area contributed by atoms with E-state index in [1.807, 2.05) is 0 Å². The average molecular weight is 185 g/mol. The molecule has 0 saturated heterocycles. The molecule has 0 bridgehead atoms. The van der Waals surface area contributed by atoms with E-state index in [9.17, 15) is 9.59 Å². The summed E-state index contributed by atoms with van der Waals surface area (Å²) in [7, 11) is 0. The van der Waals surface area contributed by atoms with Crippen LogP contribution >= 0.6 is 0 Å². The molecule has 0 aliphatic heterocycles.